The van der Waals surface area contributed by atoms with Crippen molar-refractivity contribution in [2.75, 3.05) is 0 Å². The standard InChI is InChI=1S/C12H13BrN2O2/c1-8-4-10(15-17-8)7-16-12-3-2-9(6-14)5-11(12)13/h2-5H,6-7,14H2,1H3. The fourth-order valence-electron chi connectivity index (χ4n) is 1.43. The van der Waals surface area contributed by atoms with Crippen LogP contribution >= 0.6 is 15.9 Å². The van der Waals surface area contributed by atoms with E-state index in [1.807, 2.05) is 31.2 Å². The molecule has 1 heterocycles. The normalized spacial score (nSPS) is 10.5. The zero-order valence-corrected chi connectivity index (χ0v) is 11.0. The van der Waals surface area contributed by atoms with Crippen LogP contribution in [0.4, 0.5) is 0 Å². The predicted octanol–water partition coefficient (Wildman–Crippen LogP) is 2.78. The van der Waals surface area contributed by atoms with Crippen LogP contribution in [-0.2, 0) is 13.2 Å². The zero-order valence-electron chi connectivity index (χ0n) is 9.44. The van der Waals surface area contributed by atoms with Gasteiger partial charge >= 0.3 is 0 Å². The minimum Gasteiger partial charge on any atom is -0.486 e. The number of benzene rings is 1. The predicted molar refractivity (Wildman–Crippen MR) is 67.6 cm³/mol. The molecular weight excluding hydrogens is 284 g/mol. The smallest absolute Gasteiger partial charge is 0.134 e. The molecule has 4 nitrogen and oxygen atoms in total. The lowest BCUT2D eigenvalue weighted by atomic mass is 10.2. The average Bonchev–Trinajstić information content (AvgIpc) is 2.73. The van der Waals surface area contributed by atoms with E-state index in [-0.39, 0.29) is 0 Å². The van der Waals surface area contributed by atoms with E-state index in [1.165, 1.54) is 0 Å². The second-order valence-electron chi connectivity index (χ2n) is 3.69. The van der Waals surface area contributed by atoms with Gasteiger partial charge in [-0.1, -0.05) is 11.2 Å². The molecule has 0 amide bonds. The number of nitrogens with zero attached hydrogens (tertiary/aromatic N) is 1. The lowest BCUT2D eigenvalue weighted by Crippen LogP contribution is -1.99. The maximum Gasteiger partial charge on any atom is 0.134 e. The molecule has 5 heteroatoms. The number of nitrogens with two attached hydrogens (primary N) is 1. The molecule has 0 aliphatic rings. The molecule has 2 N–H and O–H groups in total. The van der Waals surface area contributed by atoms with E-state index < -0.39 is 0 Å². The van der Waals surface area contributed by atoms with Crippen molar-refractivity contribution < 1.29 is 9.26 Å². The molecule has 1 aromatic carbocycles. The summed E-state index contributed by atoms with van der Waals surface area (Å²) in [5, 5.41) is 3.86. The first kappa shape index (κ1) is 12.1. The van der Waals surface area contributed by atoms with Crippen molar-refractivity contribution in [3.63, 3.8) is 0 Å². The van der Waals surface area contributed by atoms with E-state index in [1.54, 1.807) is 0 Å². The highest BCUT2D eigenvalue weighted by molar-refractivity contribution is 9.10. The van der Waals surface area contributed by atoms with Crippen molar-refractivity contribution in [2.45, 2.75) is 20.1 Å². The van der Waals surface area contributed by atoms with Crippen LogP contribution in [0.25, 0.3) is 0 Å². The van der Waals surface area contributed by atoms with Crippen LogP contribution in [0.5, 0.6) is 5.75 Å². The summed E-state index contributed by atoms with van der Waals surface area (Å²) < 4.78 is 11.5. The van der Waals surface area contributed by atoms with Gasteiger partial charge in [0.25, 0.3) is 0 Å². The van der Waals surface area contributed by atoms with E-state index in [2.05, 4.69) is 21.1 Å². The molecule has 0 aliphatic carbocycles. The first-order chi connectivity index (χ1) is 8.19. The van der Waals surface area contributed by atoms with Crippen LogP contribution in [-0.4, -0.2) is 5.16 Å². The van der Waals surface area contributed by atoms with Gasteiger partial charge in [0.1, 0.15) is 23.8 Å². The Morgan fingerprint density at radius 1 is 1.41 bits per heavy atom. The Kier molecular flexibility index (Phi) is 3.81. The Labute approximate surface area is 108 Å². The van der Waals surface area contributed by atoms with Crippen LogP contribution in [0, 0.1) is 6.92 Å². The molecule has 0 fully saturated rings. The van der Waals surface area contributed by atoms with Crippen molar-refractivity contribution in [1.82, 2.24) is 5.16 Å². The van der Waals surface area contributed by atoms with Gasteiger partial charge in [-0.15, -0.1) is 0 Å². The molecule has 0 unspecified atom stereocenters. The van der Waals surface area contributed by atoms with Gasteiger partial charge in [-0.05, 0) is 40.5 Å². The molecule has 2 aromatic rings. The molecule has 17 heavy (non-hydrogen) atoms. The summed E-state index contributed by atoms with van der Waals surface area (Å²) in [6.07, 6.45) is 0. The van der Waals surface area contributed by atoms with Crippen molar-refractivity contribution in [3.05, 3.63) is 45.8 Å². The molecule has 0 saturated carbocycles. The summed E-state index contributed by atoms with van der Waals surface area (Å²) in [6.45, 7) is 2.75. The third kappa shape index (κ3) is 3.08. The lowest BCUT2D eigenvalue weighted by molar-refractivity contribution is 0.286. The zero-order chi connectivity index (χ0) is 12.3. The summed E-state index contributed by atoms with van der Waals surface area (Å²) in [4.78, 5) is 0. The molecule has 0 atom stereocenters. The summed E-state index contributed by atoms with van der Waals surface area (Å²) in [5.74, 6) is 1.55. The maximum absolute atomic E-state index is 5.63. The van der Waals surface area contributed by atoms with E-state index in [0.717, 1.165) is 27.2 Å². The van der Waals surface area contributed by atoms with E-state index in [0.29, 0.717) is 13.2 Å². The van der Waals surface area contributed by atoms with Crippen molar-refractivity contribution >= 4 is 15.9 Å². The first-order valence-electron chi connectivity index (χ1n) is 5.22. The molecule has 90 valence electrons. The van der Waals surface area contributed by atoms with E-state index >= 15 is 0 Å². The lowest BCUT2D eigenvalue weighted by Gasteiger charge is -2.07. The van der Waals surface area contributed by atoms with Crippen LogP contribution in [0.2, 0.25) is 0 Å². The van der Waals surface area contributed by atoms with Crippen molar-refractivity contribution in [3.8, 4) is 5.75 Å². The number of halogens is 1. The summed E-state index contributed by atoms with van der Waals surface area (Å²) >= 11 is 3.44. The molecule has 2 rings (SSSR count). The van der Waals surface area contributed by atoms with Gasteiger partial charge in [-0.25, -0.2) is 0 Å². The summed E-state index contributed by atoms with van der Waals surface area (Å²) in [6, 6.07) is 7.62. The Hall–Kier alpha value is -1.33. The molecule has 0 radical (unpaired) electrons. The second-order valence-corrected chi connectivity index (χ2v) is 4.54. The molecule has 0 bridgehead atoms. The highest BCUT2D eigenvalue weighted by Gasteiger charge is 2.05. The number of rotatable bonds is 4. The largest absolute Gasteiger partial charge is 0.486 e. The van der Waals surface area contributed by atoms with E-state index in [9.17, 15) is 0 Å². The highest BCUT2D eigenvalue weighted by Crippen LogP contribution is 2.26. The number of hydrogen-bond acceptors (Lipinski definition) is 4. The fraction of sp³-hybridized carbons (Fsp3) is 0.250. The third-order valence-electron chi connectivity index (χ3n) is 2.28. The minimum atomic E-state index is 0.387. The van der Waals surface area contributed by atoms with Crippen molar-refractivity contribution in [2.24, 2.45) is 5.73 Å². The quantitative estimate of drug-likeness (QED) is 0.942. The fourth-order valence-corrected chi connectivity index (χ4v) is 1.97. The molecular formula is C12H13BrN2O2. The molecule has 0 spiro atoms. The van der Waals surface area contributed by atoms with Gasteiger partial charge in [0.05, 0.1) is 4.47 Å². The van der Waals surface area contributed by atoms with Crippen LogP contribution < -0.4 is 10.5 Å². The molecule has 0 saturated heterocycles. The monoisotopic (exact) mass is 296 g/mol. The number of aryl methyl sites for hydroxylation is 1. The van der Waals surface area contributed by atoms with Gasteiger partial charge in [-0.2, -0.15) is 0 Å². The number of ether oxygens (including phenoxy) is 1. The van der Waals surface area contributed by atoms with Crippen LogP contribution in [0.15, 0.2) is 33.3 Å². The maximum atomic E-state index is 5.63. The van der Waals surface area contributed by atoms with Gasteiger partial charge in [0.2, 0.25) is 0 Å². The van der Waals surface area contributed by atoms with E-state index in [4.69, 9.17) is 15.0 Å². The van der Waals surface area contributed by atoms with Crippen LogP contribution in [0.3, 0.4) is 0 Å². The highest BCUT2D eigenvalue weighted by atomic mass is 79.9. The minimum absolute atomic E-state index is 0.387. The van der Waals surface area contributed by atoms with Gasteiger partial charge in [-0.3, -0.25) is 0 Å². The summed E-state index contributed by atoms with van der Waals surface area (Å²) in [5.41, 5.74) is 7.38. The average molecular weight is 297 g/mol. The number of aromatic nitrogens is 1. The SMILES string of the molecule is Cc1cc(COc2ccc(CN)cc2Br)no1. The van der Waals surface area contributed by atoms with Gasteiger partial charge < -0.3 is 15.0 Å². The van der Waals surface area contributed by atoms with Crippen LogP contribution in [0.1, 0.15) is 17.0 Å². The second kappa shape index (κ2) is 5.33. The Morgan fingerprint density at radius 3 is 2.82 bits per heavy atom. The molecule has 1 aromatic heterocycles. The van der Waals surface area contributed by atoms with Gasteiger partial charge in [0.15, 0.2) is 0 Å². The number of hydrogen-bond donors (Lipinski definition) is 1. The Balaban J connectivity index is 2.04. The Bertz CT molecular complexity index is 511. The van der Waals surface area contributed by atoms with Gasteiger partial charge in [0, 0.05) is 12.6 Å². The van der Waals surface area contributed by atoms with Crippen molar-refractivity contribution in [1.29, 1.82) is 0 Å². The topological polar surface area (TPSA) is 61.3 Å². The summed E-state index contributed by atoms with van der Waals surface area (Å²) in [7, 11) is 0. The third-order valence-corrected chi connectivity index (χ3v) is 2.90. The Morgan fingerprint density at radius 2 is 2.24 bits per heavy atom. The first-order valence-corrected chi connectivity index (χ1v) is 6.02. The molecule has 0 aliphatic heterocycles.